The largest absolute Gasteiger partial charge is 0.707 e. The molecule has 4 nitrogen and oxygen atoms in total. The second kappa shape index (κ2) is 4.08. The molecule has 0 fully saturated rings. The van der Waals surface area contributed by atoms with Crippen LogP contribution >= 0.6 is 0 Å². The highest BCUT2D eigenvalue weighted by Gasteiger charge is 2.10. The predicted octanol–water partition coefficient (Wildman–Crippen LogP) is -0.00770. The first-order valence-electron chi connectivity index (χ1n) is 3.70. The SMILES string of the molecule is CCc1cc(OB(O)O)ccn1. The van der Waals surface area contributed by atoms with E-state index in [0.717, 1.165) is 12.1 Å². The Labute approximate surface area is 71.0 Å². The van der Waals surface area contributed by atoms with Crippen LogP contribution in [0.2, 0.25) is 0 Å². The molecular formula is C7H10BNO3. The van der Waals surface area contributed by atoms with E-state index in [9.17, 15) is 0 Å². The standard InChI is InChI=1S/C7H10BNO3/c1-2-6-5-7(3-4-9-6)12-8(10)11/h3-5,10-11H,2H2,1H3. The molecule has 1 aromatic rings. The van der Waals surface area contributed by atoms with Crippen LogP contribution in [0.4, 0.5) is 0 Å². The van der Waals surface area contributed by atoms with Crippen molar-refractivity contribution in [3.05, 3.63) is 24.0 Å². The van der Waals surface area contributed by atoms with Crippen LogP contribution in [0, 0.1) is 0 Å². The van der Waals surface area contributed by atoms with Gasteiger partial charge in [-0.3, -0.25) is 4.98 Å². The van der Waals surface area contributed by atoms with Crippen LogP contribution in [-0.4, -0.2) is 22.4 Å². The zero-order chi connectivity index (χ0) is 8.97. The summed E-state index contributed by atoms with van der Waals surface area (Å²) in [4.78, 5) is 4.02. The van der Waals surface area contributed by atoms with Crippen LogP contribution < -0.4 is 4.65 Å². The normalized spacial score (nSPS) is 9.58. The van der Waals surface area contributed by atoms with E-state index in [1.807, 2.05) is 6.92 Å². The van der Waals surface area contributed by atoms with Gasteiger partial charge in [0.15, 0.2) is 0 Å². The summed E-state index contributed by atoms with van der Waals surface area (Å²) < 4.78 is 4.63. The van der Waals surface area contributed by atoms with Crippen LogP contribution in [0.25, 0.3) is 0 Å². The quantitative estimate of drug-likeness (QED) is 0.621. The number of hydrogen-bond donors (Lipinski definition) is 2. The van der Waals surface area contributed by atoms with Crippen LogP contribution in [0.15, 0.2) is 18.3 Å². The van der Waals surface area contributed by atoms with Crippen LogP contribution in [0.3, 0.4) is 0 Å². The molecule has 0 spiro atoms. The molecule has 5 heteroatoms. The fraction of sp³-hybridized carbons (Fsp3) is 0.286. The minimum atomic E-state index is -1.77. The maximum absolute atomic E-state index is 8.48. The Morgan fingerprint density at radius 2 is 2.33 bits per heavy atom. The van der Waals surface area contributed by atoms with E-state index in [-0.39, 0.29) is 0 Å². The van der Waals surface area contributed by atoms with Crippen molar-refractivity contribution in [3.63, 3.8) is 0 Å². The highest BCUT2D eigenvalue weighted by atomic mass is 16.6. The fourth-order valence-electron chi connectivity index (χ4n) is 0.844. The average Bonchev–Trinajstić information content (AvgIpc) is 2.03. The Bertz CT molecular complexity index is 254. The molecule has 1 rings (SSSR count). The average molecular weight is 167 g/mol. The summed E-state index contributed by atoms with van der Waals surface area (Å²) in [6.45, 7) is 1.96. The fourth-order valence-corrected chi connectivity index (χ4v) is 0.844. The second-order valence-electron chi connectivity index (χ2n) is 2.28. The third-order valence-electron chi connectivity index (χ3n) is 1.39. The lowest BCUT2D eigenvalue weighted by atomic mass is 10.2. The lowest BCUT2D eigenvalue weighted by Gasteiger charge is -2.04. The molecule has 0 bridgehead atoms. The summed E-state index contributed by atoms with van der Waals surface area (Å²) in [5.74, 6) is 0.414. The van der Waals surface area contributed by atoms with E-state index in [0.29, 0.717) is 5.75 Å². The minimum absolute atomic E-state index is 0.414. The van der Waals surface area contributed by atoms with E-state index in [2.05, 4.69) is 9.64 Å². The maximum atomic E-state index is 8.48. The topological polar surface area (TPSA) is 62.6 Å². The molecule has 0 amide bonds. The Balaban J connectivity index is 2.72. The van der Waals surface area contributed by atoms with Gasteiger partial charge in [0.1, 0.15) is 5.75 Å². The summed E-state index contributed by atoms with van der Waals surface area (Å²) in [5, 5.41) is 17.0. The molecule has 1 heterocycles. The van der Waals surface area contributed by atoms with Crippen molar-refractivity contribution < 1.29 is 14.7 Å². The molecular weight excluding hydrogens is 157 g/mol. The lowest BCUT2D eigenvalue weighted by molar-refractivity contribution is 0.288. The summed E-state index contributed by atoms with van der Waals surface area (Å²) in [5.41, 5.74) is 0.855. The molecule has 0 saturated carbocycles. The number of nitrogens with zero attached hydrogens (tertiary/aromatic N) is 1. The van der Waals surface area contributed by atoms with E-state index >= 15 is 0 Å². The van der Waals surface area contributed by atoms with Gasteiger partial charge >= 0.3 is 7.32 Å². The second-order valence-corrected chi connectivity index (χ2v) is 2.28. The first-order chi connectivity index (χ1) is 5.72. The van der Waals surface area contributed by atoms with Gasteiger partial charge in [-0.05, 0) is 18.6 Å². The van der Waals surface area contributed by atoms with Crippen molar-refractivity contribution in [1.29, 1.82) is 0 Å². The van der Waals surface area contributed by atoms with Gasteiger partial charge in [-0.25, -0.2) is 0 Å². The number of rotatable bonds is 3. The summed E-state index contributed by atoms with van der Waals surface area (Å²) in [6, 6.07) is 3.23. The van der Waals surface area contributed by atoms with Crippen LogP contribution in [0.1, 0.15) is 12.6 Å². The van der Waals surface area contributed by atoms with Crippen molar-refractivity contribution in [2.45, 2.75) is 13.3 Å². The third kappa shape index (κ3) is 2.52. The molecule has 12 heavy (non-hydrogen) atoms. The zero-order valence-corrected chi connectivity index (χ0v) is 6.77. The van der Waals surface area contributed by atoms with Gasteiger partial charge in [0.25, 0.3) is 0 Å². The number of aryl methyl sites for hydroxylation is 1. The molecule has 0 aliphatic heterocycles. The lowest BCUT2D eigenvalue weighted by Crippen LogP contribution is -2.20. The summed E-state index contributed by atoms with van der Waals surface area (Å²) in [7, 11) is -1.77. The van der Waals surface area contributed by atoms with Crippen molar-refractivity contribution in [2.24, 2.45) is 0 Å². The molecule has 0 aliphatic rings. The van der Waals surface area contributed by atoms with Gasteiger partial charge in [0, 0.05) is 11.9 Å². The van der Waals surface area contributed by atoms with Gasteiger partial charge in [-0.1, -0.05) is 6.92 Å². The smallest absolute Gasteiger partial charge is 0.512 e. The number of hydrogen-bond acceptors (Lipinski definition) is 4. The molecule has 64 valence electrons. The summed E-state index contributed by atoms with van der Waals surface area (Å²) in [6.07, 6.45) is 2.36. The van der Waals surface area contributed by atoms with Crippen molar-refractivity contribution >= 4 is 7.32 Å². The Morgan fingerprint density at radius 1 is 1.58 bits per heavy atom. The van der Waals surface area contributed by atoms with Gasteiger partial charge in [-0.15, -0.1) is 0 Å². The van der Waals surface area contributed by atoms with E-state index in [1.165, 1.54) is 0 Å². The predicted molar refractivity (Wildman–Crippen MR) is 44.4 cm³/mol. The molecule has 2 N–H and O–H groups in total. The molecule has 0 aromatic carbocycles. The highest BCUT2D eigenvalue weighted by Crippen LogP contribution is 2.10. The highest BCUT2D eigenvalue weighted by molar-refractivity contribution is 6.33. The minimum Gasteiger partial charge on any atom is -0.512 e. The molecule has 1 aromatic heterocycles. The van der Waals surface area contributed by atoms with Crippen LogP contribution in [0.5, 0.6) is 5.75 Å². The van der Waals surface area contributed by atoms with Gasteiger partial charge in [0.2, 0.25) is 0 Å². The first-order valence-corrected chi connectivity index (χ1v) is 3.70. The number of aromatic nitrogens is 1. The summed E-state index contributed by atoms with van der Waals surface area (Å²) >= 11 is 0. The molecule has 0 saturated heterocycles. The van der Waals surface area contributed by atoms with Crippen LogP contribution in [-0.2, 0) is 6.42 Å². The maximum Gasteiger partial charge on any atom is 0.707 e. The van der Waals surface area contributed by atoms with Gasteiger partial charge in [-0.2, -0.15) is 0 Å². The zero-order valence-electron chi connectivity index (χ0n) is 6.77. The molecule has 0 atom stereocenters. The van der Waals surface area contributed by atoms with E-state index in [1.54, 1.807) is 18.3 Å². The third-order valence-corrected chi connectivity index (χ3v) is 1.39. The first kappa shape index (κ1) is 9.03. The Hall–Kier alpha value is -1.07. The Morgan fingerprint density at radius 3 is 2.92 bits per heavy atom. The van der Waals surface area contributed by atoms with Gasteiger partial charge in [0.05, 0.1) is 0 Å². The molecule has 0 aliphatic carbocycles. The van der Waals surface area contributed by atoms with E-state index < -0.39 is 7.32 Å². The number of pyridine rings is 1. The van der Waals surface area contributed by atoms with Crippen molar-refractivity contribution in [3.8, 4) is 5.75 Å². The molecule has 0 unspecified atom stereocenters. The monoisotopic (exact) mass is 167 g/mol. The van der Waals surface area contributed by atoms with Crippen molar-refractivity contribution in [1.82, 2.24) is 4.98 Å². The molecule has 0 radical (unpaired) electrons. The van der Waals surface area contributed by atoms with Crippen molar-refractivity contribution in [2.75, 3.05) is 0 Å². The van der Waals surface area contributed by atoms with Gasteiger partial charge < -0.3 is 14.7 Å². The van der Waals surface area contributed by atoms with E-state index in [4.69, 9.17) is 10.0 Å². The Kier molecular flexibility index (Phi) is 3.07.